The van der Waals surface area contributed by atoms with E-state index >= 15 is 0 Å². The lowest BCUT2D eigenvalue weighted by molar-refractivity contribution is -0.145. The van der Waals surface area contributed by atoms with Crippen LogP contribution in [-0.2, 0) is 9.53 Å². The fourth-order valence-electron chi connectivity index (χ4n) is 4.71. The Bertz CT molecular complexity index is 760. The Morgan fingerprint density at radius 1 is 1.19 bits per heavy atom. The molecule has 0 amide bonds. The van der Waals surface area contributed by atoms with Crippen molar-refractivity contribution < 1.29 is 9.53 Å². The quantitative estimate of drug-likeness (QED) is 0.288. The minimum Gasteiger partial charge on any atom is -0.469 e. The number of aliphatic imine (C=N–C) groups is 1. The maximum Gasteiger partial charge on any atom is 0.310 e. The average molecular weight is 444 g/mol. The second kappa shape index (κ2) is 12.1. The van der Waals surface area contributed by atoms with E-state index in [9.17, 15) is 4.79 Å². The zero-order chi connectivity index (χ0) is 22.9. The number of hydrogen-bond donors (Lipinski definition) is 1. The largest absolute Gasteiger partial charge is 0.469 e. The zero-order valence-electron chi connectivity index (χ0n) is 20.3. The van der Waals surface area contributed by atoms with Crippen LogP contribution < -0.4 is 10.2 Å². The molecule has 1 aromatic carbocycles. The number of guanidine groups is 1. The molecule has 2 aliphatic heterocycles. The summed E-state index contributed by atoms with van der Waals surface area (Å²) in [5.74, 6) is 1.03. The van der Waals surface area contributed by atoms with Gasteiger partial charge >= 0.3 is 5.97 Å². The molecule has 7 nitrogen and oxygen atoms in total. The summed E-state index contributed by atoms with van der Waals surface area (Å²) in [5, 5.41) is 3.40. The molecule has 178 valence electrons. The third kappa shape index (κ3) is 6.61. The van der Waals surface area contributed by atoms with E-state index in [0.29, 0.717) is 6.54 Å². The van der Waals surface area contributed by atoms with E-state index in [-0.39, 0.29) is 17.8 Å². The van der Waals surface area contributed by atoms with Crippen LogP contribution in [-0.4, -0.2) is 87.7 Å². The maximum atomic E-state index is 12.0. The molecular weight excluding hydrogens is 402 g/mol. The van der Waals surface area contributed by atoms with Gasteiger partial charge in [0.2, 0.25) is 0 Å². The number of nitrogens with one attached hydrogen (secondary N) is 1. The van der Waals surface area contributed by atoms with Gasteiger partial charge in [-0.3, -0.25) is 14.7 Å². The summed E-state index contributed by atoms with van der Waals surface area (Å²) >= 11 is 0. The first-order valence-corrected chi connectivity index (χ1v) is 12.2. The summed E-state index contributed by atoms with van der Waals surface area (Å²) in [4.78, 5) is 24.1. The standard InChI is InChI=1S/C25H41N5O2/c1-5-26-25(30-18-21(3)23(19-30)24(31)32-4)27-11-6-7-12-28-13-15-29(16-14-28)22-10-8-9-20(2)17-22/h8-10,17,21,23H,5-7,11-16,18-19H2,1-4H3,(H,26,27). The van der Waals surface area contributed by atoms with Crippen LogP contribution in [0.15, 0.2) is 29.3 Å². The first-order chi connectivity index (χ1) is 15.5. The van der Waals surface area contributed by atoms with Gasteiger partial charge in [-0.1, -0.05) is 19.1 Å². The second-order valence-corrected chi connectivity index (χ2v) is 9.12. The molecule has 2 heterocycles. The van der Waals surface area contributed by atoms with E-state index in [4.69, 9.17) is 9.73 Å². The average Bonchev–Trinajstić information content (AvgIpc) is 3.19. The smallest absolute Gasteiger partial charge is 0.310 e. The number of piperazine rings is 1. The molecule has 2 unspecified atom stereocenters. The molecule has 0 radical (unpaired) electrons. The van der Waals surface area contributed by atoms with Crippen LogP contribution in [0.3, 0.4) is 0 Å². The van der Waals surface area contributed by atoms with Crippen LogP contribution in [0.2, 0.25) is 0 Å². The number of anilines is 1. The van der Waals surface area contributed by atoms with E-state index in [1.54, 1.807) is 0 Å². The number of ether oxygens (including phenoxy) is 1. The van der Waals surface area contributed by atoms with Gasteiger partial charge in [0.15, 0.2) is 5.96 Å². The van der Waals surface area contributed by atoms with Crippen molar-refractivity contribution in [2.75, 3.05) is 70.9 Å². The van der Waals surface area contributed by atoms with Gasteiger partial charge in [0.1, 0.15) is 0 Å². The number of hydrogen-bond acceptors (Lipinski definition) is 5. The first kappa shape index (κ1) is 24.4. The van der Waals surface area contributed by atoms with Crippen LogP contribution >= 0.6 is 0 Å². The predicted octanol–water partition coefficient (Wildman–Crippen LogP) is 2.60. The highest BCUT2D eigenvalue weighted by atomic mass is 16.5. The number of carbonyl (C=O) groups excluding carboxylic acids is 1. The number of methoxy groups -OCH3 is 1. The zero-order valence-corrected chi connectivity index (χ0v) is 20.3. The molecule has 0 aromatic heterocycles. The van der Waals surface area contributed by atoms with Gasteiger partial charge in [-0.25, -0.2) is 0 Å². The second-order valence-electron chi connectivity index (χ2n) is 9.12. The van der Waals surface area contributed by atoms with Crippen LogP contribution in [0.5, 0.6) is 0 Å². The number of likely N-dealkylation sites (tertiary alicyclic amines) is 1. The molecule has 2 aliphatic rings. The highest BCUT2D eigenvalue weighted by Crippen LogP contribution is 2.24. The Hall–Kier alpha value is -2.28. The SMILES string of the molecule is CCNC(=NCCCCN1CCN(c2cccc(C)c2)CC1)N1CC(C)C(C(=O)OC)C1. The molecule has 0 aliphatic carbocycles. The normalized spacial score (nSPS) is 22.3. The molecule has 3 rings (SSSR count). The molecule has 2 saturated heterocycles. The number of benzene rings is 1. The van der Waals surface area contributed by atoms with Crippen LogP contribution in [0, 0.1) is 18.8 Å². The summed E-state index contributed by atoms with van der Waals surface area (Å²) in [6.07, 6.45) is 2.24. The monoisotopic (exact) mass is 443 g/mol. The number of rotatable bonds is 8. The third-order valence-electron chi connectivity index (χ3n) is 6.63. The van der Waals surface area contributed by atoms with E-state index in [2.05, 4.69) is 65.1 Å². The summed E-state index contributed by atoms with van der Waals surface area (Å²) in [5.41, 5.74) is 2.67. The molecule has 2 fully saturated rings. The lowest BCUT2D eigenvalue weighted by atomic mass is 9.99. The van der Waals surface area contributed by atoms with Gasteiger partial charge in [-0.2, -0.15) is 0 Å². The number of aryl methyl sites for hydroxylation is 1. The molecule has 7 heteroatoms. The Morgan fingerprint density at radius 2 is 1.97 bits per heavy atom. The summed E-state index contributed by atoms with van der Waals surface area (Å²) in [6, 6.07) is 8.81. The van der Waals surface area contributed by atoms with Crippen LogP contribution in [0.1, 0.15) is 32.3 Å². The van der Waals surface area contributed by atoms with Crippen molar-refractivity contribution >= 4 is 17.6 Å². The van der Waals surface area contributed by atoms with Gasteiger partial charge in [0.05, 0.1) is 13.0 Å². The summed E-state index contributed by atoms with van der Waals surface area (Å²) < 4.78 is 4.97. The lowest BCUT2D eigenvalue weighted by Gasteiger charge is -2.36. The molecule has 32 heavy (non-hydrogen) atoms. The van der Waals surface area contributed by atoms with Crippen molar-refractivity contribution in [3.8, 4) is 0 Å². The number of unbranched alkanes of at least 4 members (excludes halogenated alkanes) is 1. The molecule has 2 atom stereocenters. The van der Waals surface area contributed by atoms with Crippen molar-refractivity contribution in [2.24, 2.45) is 16.8 Å². The minimum atomic E-state index is -0.113. The minimum absolute atomic E-state index is 0.0673. The van der Waals surface area contributed by atoms with Gasteiger partial charge in [0.25, 0.3) is 0 Å². The van der Waals surface area contributed by atoms with E-state index in [1.807, 2.05) is 0 Å². The van der Waals surface area contributed by atoms with E-state index in [1.165, 1.54) is 18.4 Å². The lowest BCUT2D eigenvalue weighted by Crippen LogP contribution is -2.46. The fraction of sp³-hybridized carbons (Fsp3) is 0.680. The number of carbonyl (C=O) groups is 1. The molecule has 1 aromatic rings. The summed E-state index contributed by atoms with van der Waals surface area (Å²) in [6.45, 7) is 15.1. The van der Waals surface area contributed by atoms with Gasteiger partial charge < -0.3 is 19.9 Å². The molecular formula is C25H41N5O2. The first-order valence-electron chi connectivity index (χ1n) is 12.2. The highest BCUT2D eigenvalue weighted by Gasteiger charge is 2.36. The fourth-order valence-corrected chi connectivity index (χ4v) is 4.71. The van der Waals surface area contributed by atoms with E-state index in [0.717, 1.165) is 71.2 Å². The Morgan fingerprint density at radius 3 is 2.66 bits per heavy atom. The van der Waals surface area contributed by atoms with Crippen molar-refractivity contribution in [3.63, 3.8) is 0 Å². The van der Waals surface area contributed by atoms with Gasteiger partial charge in [-0.15, -0.1) is 0 Å². The Kier molecular flexibility index (Phi) is 9.21. The molecule has 1 N–H and O–H groups in total. The third-order valence-corrected chi connectivity index (χ3v) is 6.63. The number of esters is 1. The maximum absolute atomic E-state index is 12.0. The number of nitrogens with zero attached hydrogens (tertiary/aromatic N) is 4. The Labute approximate surface area is 193 Å². The van der Waals surface area contributed by atoms with Crippen molar-refractivity contribution in [1.29, 1.82) is 0 Å². The van der Waals surface area contributed by atoms with E-state index < -0.39 is 0 Å². The van der Waals surface area contributed by atoms with Crippen molar-refractivity contribution in [3.05, 3.63) is 29.8 Å². The predicted molar refractivity (Wildman–Crippen MR) is 131 cm³/mol. The van der Waals surface area contributed by atoms with Gasteiger partial charge in [0, 0.05) is 58.0 Å². The highest BCUT2D eigenvalue weighted by molar-refractivity contribution is 5.82. The van der Waals surface area contributed by atoms with Crippen LogP contribution in [0.25, 0.3) is 0 Å². The molecule has 0 saturated carbocycles. The molecule has 0 spiro atoms. The van der Waals surface area contributed by atoms with Crippen molar-refractivity contribution in [2.45, 2.75) is 33.6 Å². The van der Waals surface area contributed by atoms with Crippen molar-refractivity contribution in [1.82, 2.24) is 15.1 Å². The Balaban J connectivity index is 1.38. The van der Waals surface area contributed by atoms with Gasteiger partial charge in [-0.05, 0) is 56.8 Å². The summed E-state index contributed by atoms with van der Waals surface area (Å²) in [7, 11) is 1.47. The topological polar surface area (TPSA) is 60.4 Å². The molecule has 0 bridgehead atoms. The van der Waals surface area contributed by atoms with Crippen LogP contribution in [0.4, 0.5) is 5.69 Å².